The lowest BCUT2D eigenvalue weighted by atomic mass is 10.1. The van der Waals surface area contributed by atoms with Gasteiger partial charge in [-0.15, -0.1) is 0 Å². The fraction of sp³-hybridized carbons (Fsp3) is 0.385. The summed E-state index contributed by atoms with van der Waals surface area (Å²) in [6.45, 7) is 2.62. The van der Waals surface area contributed by atoms with Crippen LogP contribution in [0.1, 0.15) is 24.3 Å². The van der Waals surface area contributed by atoms with E-state index in [1.54, 1.807) is 0 Å². The lowest BCUT2D eigenvalue weighted by molar-refractivity contribution is 0.347. The van der Waals surface area contributed by atoms with Gasteiger partial charge in [-0.3, -0.25) is 0 Å². The topological polar surface area (TPSA) is 64.9 Å². The summed E-state index contributed by atoms with van der Waals surface area (Å²) < 4.78 is 6.40. The molecular weight excluding hydrogens is 294 g/mol. The largest absolute Gasteiger partial charge is 0.338 e. The van der Waals surface area contributed by atoms with Crippen molar-refractivity contribution in [3.8, 4) is 11.4 Å². The number of nitrogens with zero attached hydrogens (tertiary/aromatic N) is 2. The van der Waals surface area contributed by atoms with Crippen LogP contribution in [0.25, 0.3) is 11.4 Å². The molecule has 0 spiro atoms. The van der Waals surface area contributed by atoms with E-state index in [0.29, 0.717) is 18.3 Å². The number of hydrogen-bond acceptors (Lipinski definition) is 4. The Labute approximate surface area is 114 Å². The molecule has 94 valence electrons. The zero-order valence-corrected chi connectivity index (χ0v) is 11.7. The van der Waals surface area contributed by atoms with Gasteiger partial charge in [-0.05, 0) is 31.4 Å². The first-order chi connectivity index (χ1) is 8.64. The third-order valence-electron chi connectivity index (χ3n) is 3.55. The van der Waals surface area contributed by atoms with E-state index in [-0.39, 0.29) is 5.41 Å². The number of nitrogens with two attached hydrogens (primary N) is 1. The Bertz CT molecular complexity index is 590. The van der Waals surface area contributed by atoms with Crippen LogP contribution in [0.2, 0.25) is 0 Å². The van der Waals surface area contributed by atoms with Crippen LogP contribution in [0.3, 0.4) is 0 Å². The van der Waals surface area contributed by atoms with Gasteiger partial charge in [0.25, 0.3) is 0 Å². The lowest BCUT2D eigenvalue weighted by Gasteiger charge is -2.03. The number of hydrogen-bond donors (Lipinski definition) is 1. The predicted octanol–water partition coefficient (Wildman–Crippen LogP) is 2.80. The van der Waals surface area contributed by atoms with Gasteiger partial charge in [0.1, 0.15) is 0 Å². The van der Waals surface area contributed by atoms with Crippen molar-refractivity contribution in [2.24, 2.45) is 5.73 Å². The molecule has 4 nitrogen and oxygen atoms in total. The summed E-state index contributed by atoms with van der Waals surface area (Å²) in [5, 5.41) is 4.05. The summed E-state index contributed by atoms with van der Waals surface area (Å²) in [5.74, 6) is 1.31. The molecule has 0 bridgehead atoms. The third-order valence-corrected chi connectivity index (χ3v) is 4.41. The summed E-state index contributed by atoms with van der Waals surface area (Å²) in [4.78, 5) is 4.48. The summed E-state index contributed by atoms with van der Waals surface area (Å²) >= 11 is 3.51. The highest BCUT2D eigenvalue weighted by Crippen LogP contribution is 2.46. The molecule has 1 aliphatic rings. The van der Waals surface area contributed by atoms with E-state index >= 15 is 0 Å². The van der Waals surface area contributed by atoms with Gasteiger partial charge >= 0.3 is 0 Å². The van der Waals surface area contributed by atoms with Crippen molar-refractivity contribution in [2.45, 2.75) is 25.2 Å². The lowest BCUT2D eigenvalue weighted by Crippen LogP contribution is -2.19. The second-order valence-electron chi connectivity index (χ2n) is 4.87. The summed E-state index contributed by atoms with van der Waals surface area (Å²) in [5.41, 5.74) is 7.85. The normalized spacial score (nSPS) is 16.8. The van der Waals surface area contributed by atoms with Gasteiger partial charge in [0, 0.05) is 16.6 Å². The summed E-state index contributed by atoms with van der Waals surface area (Å²) in [7, 11) is 0. The first kappa shape index (κ1) is 11.9. The van der Waals surface area contributed by atoms with Crippen molar-refractivity contribution < 1.29 is 4.52 Å². The Morgan fingerprint density at radius 3 is 2.83 bits per heavy atom. The van der Waals surface area contributed by atoms with E-state index < -0.39 is 0 Å². The predicted molar refractivity (Wildman–Crippen MR) is 72.1 cm³/mol. The maximum Gasteiger partial charge on any atom is 0.234 e. The van der Waals surface area contributed by atoms with Crippen LogP contribution in [-0.4, -0.2) is 16.7 Å². The molecule has 18 heavy (non-hydrogen) atoms. The fourth-order valence-corrected chi connectivity index (χ4v) is 2.32. The van der Waals surface area contributed by atoms with E-state index in [0.717, 1.165) is 22.9 Å². The van der Waals surface area contributed by atoms with Crippen LogP contribution in [0, 0.1) is 6.92 Å². The highest BCUT2D eigenvalue weighted by molar-refractivity contribution is 9.10. The molecule has 5 heteroatoms. The third kappa shape index (κ3) is 1.87. The molecule has 1 aromatic carbocycles. The molecule has 1 aromatic heterocycles. The minimum atomic E-state index is -0.0484. The highest BCUT2D eigenvalue weighted by atomic mass is 79.9. The van der Waals surface area contributed by atoms with Gasteiger partial charge in [0.2, 0.25) is 11.7 Å². The van der Waals surface area contributed by atoms with Crippen molar-refractivity contribution in [1.29, 1.82) is 0 Å². The molecule has 0 aliphatic heterocycles. The Morgan fingerprint density at radius 1 is 1.44 bits per heavy atom. The number of rotatable bonds is 3. The van der Waals surface area contributed by atoms with Crippen molar-refractivity contribution >= 4 is 15.9 Å². The smallest absolute Gasteiger partial charge is 0.234 e. The Kier molecular flexibility index (Phi) is 2.75. The molecule has 1 saturated carbocycles. The molecule has 0 atom stereocenters. The van der Waals surface area contributed by atoms with Gasteiger partial charge < -0.3 is 10.3 Å². The van der Waals surface area contributed by atoms with Crippen LogP contribution in [0.5, 0.6) is 0 Å². The molecule has 0 unspecified atom stereocenters. The second kappa shape index (κ2) is 4.17. The van der Waals surface area contributed by atoms with E-state index in [1.165, 1.54) is 5.56 Å². The molecular formula is C13H14BrN3O. The monoisotopic (exact) mass is 307 g/mol. The Hall–Kier alpha value is -1.20. The van der Waals surface area contributed by atoms with Gasteiger partial charge in [-0.1, -0.05) is 33.2 Å². The summed E-state index contributed by atoms with van der Waals surface area (Å²) in [6, 6.07) is 6.04. The van der Waals surface area contributed by atoms with Gasteiger partial charge in [-0.25, -0.2) is 0 Å². The zero-order chi connectivity index (χ0) is 12.8. The minimum absolute atomic E-state index is 0.0484. The number of halogens is 1. The molecule has 3 rings (SSSR count). The first-order valence-corrected chi connectivity index (χ1v) is 6.75. The number of benzene rings is 1. The van der Waals surface area contributed by atoms with Crippen LogP contribution < -0.4 is 5.73 Å². The second-order valence-corrected chi connectivity index (χ2v) is 5.73. The minimum Gasteiger partial charge on any atom is -0.338 e. The van der Waals surface area contributed by atoms with Crippen molar-refractivity contribution in [1.82, 2.24) is 10.1 Å². The number of aromatic nitrogens is 2. The maximum absolute atomic E-state index is 5.76. The maximum atomic E-state index is 5.76. The molecule has 0 radical (unpaired) electrons. The summed E-state index contributed by atoms with van der Waals surface area (Å²) in [6.07, 6.45) is 2.09. The molecule has 1 fully saturated rings. The van der Waals surface area contributed by atoms with Crippen LogP contribution in [0.15, 0.2) is 27.2 Å². The first-order valence-electron chi connectivity index (χ1n) is 5.95. The van der Waals surface area contributed by atoms with Gasteiger partial charge in [0.05, 0.1) is 5.41 Å². The molecule has 2 aromatic rings. The van der Waals surface area contributed by atoms with Crippen molar-refractivity contribution in [3.05, 3.63) is 34.1 Å². The van der Waals surface area contributed by atoms with E-state index in [4.69, 9.17) is 10.3 Å². The standard InChI is InChI=1S/C13H14BrN3O/c1-8-2-3-9(6-10(8)14)11-16-12(18-17-11)13(7-15)4-5-13/h2-3,6H,4-5,7,15H2,1H3. The van der Waals surface area contributed by atoms with E-state index in [2.05, 4.69) is 26.1 Å². The molecule has 2 N–H and O–H groups in total. The number of aryl methyl sites for hydroxylation is 1. The zero-order valence-electron chi connectivity index (χ0n) is 10.1. The average molecular weight is 308 g/mol. The Balaban J connectivity index is 1.95. The van der Waals surface area contributed by atoms with Crippen LogP contribution in [-0.2, 0) is 5.41 Å². The van der Waals surface area contributed by atoms with Gasteiger partial charge in [-0.2, -0.15) is 4.98 Å². The molecule has 1 aliphatic carbocycles. The SMILES string of the molecule is Cc1ccc(-c2noc(C3(CN)CC3)n2)cc1Br. The van der Waals surface area contributed by atoms with Crippen LogP contribution >= 0.6 is 15.9 Å². The van der Waals surface area contributed by atoms with Crippen molar-refractivity contribution in [3.63, 3.8) is 0 Å². The van der Waals surface area contributed by atoms with E-state index in [9.17, 15) is 0 Å². The van der Waals surface area contributed by atoms with Gasteiger partial charge in [0.15, 0.2) is 0 Å². The molecule has 0 amide bonds. The Morgan fingerprint density at radius 2 is 2.22 bits per heavy atom. The van der Waals surface area contributed by atoms with Crippen LogP contribution in [0.4, 0.5) is 0 Å². The van der Waals surface area contributed by atoms with Crippen molar-refractivity contribution in [2.75, 3.05) is 6.54 Å². The molecule has 1 heterocycles. The van der Waals surface area contributed by atoms with E-state index in [1.807, 2.05) is 25.1 Å². The highest BCUT2D eigenvalue weighted by Gasteiger charge is 2.48. The fourth-order valence-electron chi connectivity index (χ4n) is 1.94. The average Bonchev–Trinajstić information content (AvgIpc) is 3.02. The molecule has 0 saturated heterocycles. The quantitative estimate of drug-likeness (QED) is 0.947.